The van der Waals surface area contributed by atoms with E-state index in [0.717, 1.165) is 23.5 Å². The van der Waals surface area contributed by atoms with Crippen LogP contribution in [0.1, 0.15) is 4.88 Å². The van der Waals surface area contributed by atoms with E-state index in [4.69, 9.17) is 9.47 Å². The van der Waals surface area contributed by atoms with Crippen molar-refractivity contribution in [2.75, 3.05) is 33.5 Å². The Hall–Kier alpha value is -1.80. The maximum atomic E-state index is 10.7. The van der Waals surface area contributed by atoms with Crippen molar-refractivity contribution in [3.8, 4) is 10.4 Å². The summed E-state index contributed by atoms with van der Waals surface area (Å²) in [4.78, 5) is 12.6. The minimum Gasteiger partial charge on any atom is -0.382 e. The van der Waals surface area contributed by atoms with E-state index in [0.29, 0.717) is 19.8 Å². The number of nitrogens with zero attached hydrogens (tertiary/aromatic N) is 1. The lowest BCUT2D eigenvalue weighted by molar-refractivity contribution is -0.384. The summed E-state index contributed by atoms with van der Waals surface area (Å²) in [5.74, 6) is 0. The number of methoxy groups -OCH3 is 1. The number of nitro groups is 1. The number of hydrogen-bond acceptors (Lipinski definition) is 6. The van der Waals surface area contributed by atoms with Crippen molar-refractivity contribution >= 4 is 17.0 Å². The Kier molecular flexibility index (Phi) is 7.15. The number of benzene rings is 1. The third kappa shape index (κ3) is 5.72. The molecule has 124 valence electrons. The van der Waals surface area contributed by atoms with Gasteiger partial charge in [0.25, 0.3) is 5.69 Å². The fraction of sp³-hybridized carbons (Fsp3) is 0.375. The lowest BCUT2D eigenvalue weighted by atomic mass is 10.2. The van der Waals surface area contributed by atoms with Crippen molar-refractivity contribution in [3.63, 3.8) is 0 Å². The second kappa shape index (κ2) is 9.36. The van der Waals surface area contributed by atoms with Gasteiger partial charge in [-0.2, -0.15) is 0 Å². The molecule has 0 saturated carbocycles. The van der Waals surface area contributed by atoms with Crippen LogP contribution in [0.4, 0.5) is 5.69 Å². The monoisotopic (exact) mass is 336 g/mol. The average molecular weight is 336 g/mol. The fourth-order valence-corrected chi connectivity index (χ4v) is 2.96. The molecule has 1 aromatic carbocycles. The Balaban J connectivity index is 1.78. The molecule has 0 aliphatic rings. The topological polar surface area (TPSA) is 73.6 Å². The smallest absolute Gasteiger partial charge is 0.269 e. The van der Waals surface area contributed by atoms with Crippen molar-refractivity contribution in [3.05, 3.63) is 51.4 Å². The van der Waals surface area contributed by atoms with Gasteiger partial charge in [-0.3, -0.25) is 10.1 Å². The SMILES string of the molecule is COCCOCCNCc1ccc(-c2ccc([N+](=O)[O-])cc2)s1. The molecule has 0 amide bonds. The minimum atomic E-state index is -0.387. The molecule has 0 aliphatic carbocycles. The van der Waals surface area contributed by atoms with Crippen molar-refractivity contribution in [2.45, 2.75) is 6.54 Å². The van der Waals surface area contributed by atoms with Gasteiger partial charge in [0.15, 0.2) is 0 Å². The minimum absolute atomic E-state index is 0.112. The summed E-state index contributed by atoms with van der Waals surface area (Å²) in [6, 6.07) is 10.7. The van der Waals surface area contributed by atoms with Gasteiger partial charge in [0.1, 0.15) is 0 Å². The van der Waals surface area contributed by atoms with Gasteiger partial charge in [-0.25, -0.2) is 0 Å². The molecule has 0 aliphatic heterocycles. The van der Waals surface area contributed by atoms with Crippen molar-refractivity contribution in [1.29, 1.82) is 0 Å². The van der Waals surface area contributed by atoms with Crippen LogP contribution >= 0.6 is 11.3 Å². The van der Waals surface area contributed by atoms with Crippen LogP contribution in [0.25, 0.3) is 10.4 Å². The zero-order valence-electron chi connectivity index (χ0n) is 13.0. The number of nitrogens with one attached hydrogen (secondary N) is 1. The van der Waals surface area contributed by atoms with Crippen molar-refractivity contribution in [2.24, 2.45) is 0 Å². The molecule has 0 atom stereocenters. The van der Waals surface area contributed by atoms with E-state index in [1.165, 1.54) is 17.0 Å². The Morgan fingerprint density at radius 1 is 1.13 bits per heavy atom. The van der Waals surface area contributed by atoms with Gasteiger partial charge in [0, 0.05) is 42.1 Å². The molecular formula is C16H20N2O4S. The normalized spacial score (nSPS) is 10.8. The lowest BCUT2D eigenvalue weighted by Gasteiger charge is -2.04. The molecule has 0 unspecified atom stereocenters. The number of rotatable bonds is 10. The Labute approximate surface area is 139 Å². The zero-order valence-corrected chi connectivity index (χ0v) is 13.8. The van der Waals surface area contributed by atoms with E-state index in [1.54, 1.807) is 30.6 Å². The maximum absolute atomic E-state index is 10.7. The molecule has 2 aromatic rings. The van der Waals surface area contributed by atoms with E-state index in [1.807, 2.05) is 6.07 Å². The summed E-state index contributed by atoms with van der Waals surface area (Å²) in [5, 5.41) is 14.0. The summed E-state index contributed by atoms with van der Waals surface area (Å²) in [7, 11) is 1.65. The Bertz CT molecular complexity index is 613. The molecule has 7 heteroatoms. The van der Waals surface area contributed by atoms with Gasteiger partial charge in [0.05, 0.1) is 24.7 Å². The molecule has 23 heavy (non-hydrogen) atoms. The van der Waals surface area contributed by atoms with Gasteiger partial charge in [0.2, 0.25) is 0 Å². The van der Waals surface area contributed by atoms with Crippen LogP contribution < -0.4 is 5.32 Å². The number of nitro benzene ring substituents is 1. The first kappa shape index (κ1) is 17.6. The Morgan fingerprint density at radius 3 is 2.61 bits per heavy atom. The predicted octanol–water partition coefficient (Wildman–Crippen LogP) is 3.08. The molecule has 0 radical (unpaired) electrons. The van der Waals surface area contributed by atoms with E-state index in [9.17, 15) is 10.1 Å². The molecule has 0 saturated heterocycles. The zero-order chi connectivity index (χ0) is 16.5. The first-order chi connectivity index (χ1) is 11.2. The van der Waals surface area contributed by atoms with Crippen LogP contribution in [0.5, 0.6) is 0 Å². The van der Waals surface area contributed by atoms with E-state index < -0.39 is 0 Å². The van der Waals surface area contributed by atoms with Gasteiger partial charge in [-0.15, -0.1) is 11.3 Å². The number of ether oxygens (including phenoxy) is 2. The summed E-state index contributed by atoms with van der Waals surface area (Å²) in [6.07, 6.45) is 0. The van der Waals surface area contributed by atoms with E-state index in [-0.39, 0.29) is 10.6 Å². The van der Waals surface area contributed by atoms with Crippen LogP contribution in [-0.2, 0) is 16.0 Å². The largest absolute Gasteiger partial charge is 0.382 e. The van der Waals surface area contributed by atoms with Crippen LogP contribution in [0.3, 0.4) is 0 Å². The standard InChI is InChI=1S/C16H20N2O4S/c1-21-10-11-22-9-8-17-12-15-6-7-16(23-15)13-2-4-14(5-3-13)18(19)20/h2-7,17H,8-12H2,1H3. The summed E-state index contributed by atoms with van der Waals surface area (Å²) < 4.78 is 10.3. The molecule has 1 heterocycles. The molecule has 0 bridgehead atoms. The maximum Gasteiger partial charge on any atom is 0.269 e. The lowest BCUT2D eigenvalue weighted by Crippen LogP contribution is -2.19. The second-order valence-corrected chi connectivity index (χ2v) is 6.02. The van der Waals surface area contributed by atoms with Crippen molar-refractivity contribution in [1.82, 2.24) is 5.32 Å². The molecule has 2 rings (SSSR count). The number of hydrogen-bond donors (Lipinski definition) is 1. The molecule has 1 aromatic heterocycles. The molecule has 1 N–H and O–H groups in total. The van der Waals surface area contributed by atoms with Crippen LogP contribution in [-0.4, -0.2) is 38.4 Å². The van der Waals surface area contributed by atoms with Gasteiger partial charge in [-0.05, 0) is 29.8 Å². The van der Waals surface area contributed by atoms with E-state index >= 15 is 0 Å². The quantitative estimate of drug-likeness (QED) is 0.410. The Morgan fingerprint density at radius 2 is 1.91 bits per heavy atom. The van der Waals surface area contributed by atoms with Gasteiger partial charge < -0.3 is 14.8 Å². The van der Waals surface area contributed by atoms with Crippen LogP contribution in [0.2, 0.25) is 0 Å². The van der Waals surface area contributed by atoms with Crippen molar-refractivity contribution < 1.29 is 14.4 Å². The highest BCUT2D eigenvalue weighted by Gasteiger charge is 2.07. The summed E-state index contributed by atoms with van der Waals surface area (Å²) in [5.41, 5.74) is 1.11. The number of thiophene rings is 1. The first-order valence-electron chi connectivity index (χ1n) is 7.31. The molecular weight excluding hydrogens is 316 g/mol. The summed E-state index contributed by atoms with van der Waals surface area (Å²) in [6.45, 7) is 3.45. The highest BCUT2D eigenvalue weighted by Crippen LogP contribution is 2.29. The average Bonchev–Trinajstić information content (AvgIpc) is 3.03. The second-order valence-electron chi connectivity index (χ2n) is 4.85. The fourth-order valence-electron chi connectivity index (χ4n) is 1.98. The highest BCUT2D eigenvalue weighted by atomic mass is 32.1. The van der Waals surface area contributed by atoms with Crippen LogP contribution in [0.15, 0.2) is 36.4 Å². The summed E-state index contributed by atoms with van der Waals surface area (Å²) >= 11 is 1.68. The molecule has 0 fully saturated rings. The van der Waals surface area contributed by atoms with Crippen LogP contribution in [0, 0.1) is 10.1 Å². The third-order valence-electron chi connectivity index (χ3n) is 3.18. The predicted molar refractivity (Wildman–Crippen MR) is 90.8 cm³/mol. The number of non-ortho nitro benzene ring substituents is 1. The van der Waals surface area contributed by atoms with Gasteiger partial charge in [-0.1, -0.05) is 0 Å². The first-order valence-corrected chi connectivity index (χ1v) is 8.13. The molecule has 0 spiro atoms. The third-order valence-corrected chi connectivity index (χ3v) is 4.31. The van der Waals surface area contributed by atoms with Gasteiger partial charge >= 0.3 is 0 Å². The highest BCUT2D eigenvalue weighted by molar-refractivity contribution is 7.15. The molecule has 6 nitrogen and oxygen atoms in total. The van der Waals surface area contributed by atoms with E-state index in [2.05, 4.69) is 11.4 Å².